The van der Waals surface area contributed by atoms with Crippen LogP contribution in [0.15, 0.2) is 24.3 Å². The molecule has 5 heteroatoms. The highest BCUT2D eigenvalue weighted by atomic mass is 32.2. The van der Waals surface area contributed by atoms with Crippen LogP contribution < -0.4 is 5.32 Å². The van der Waals surface area contributed by atoms with Crippen molar-refractivity contribution in [3.05, 3.63) is 29.8 Å². The van der Waals surface area contributed by atoms with Crippen LogP contribution in [0.2, 0.25) is 0 Å². The van der Waals surface area contributed by atoms with E-state index in [2.05, 4.69) is 5.32 Å². The zero-order chi connectivity index (χ0) is 10.6. The molecule has 0 radical (unpaired) electrons. The van der Waals surface area contributed by atoms with Crippen LogP contribution in [0.5, 0.6) is 0 Å². The summed E-state index contributed by atoms with van der Waals surface area (Å²) in [6.07, 6.45) is 0. The maximum Gasteiger partial charge on any atom is 0.266 e. The Hall–Kier alpha value is -1.07. The van der Waals surface area contributed by atoms with Gasteiger partial charge in [-0.05, 0) is 18.6 Å². The van der Waals surface area contributed by atoms with E-state index in [1.165, 1.54) is 0 Å². The second kappa shape index (κ2) is 4.43. The molecule has 1 aromatic rings. The topological polar surface area (TPSA) is 66.4 Å². The molecule has 0 aromatic heterocycles. The molecule has 0 aliphatic rings. The molecule has 2 N–H and O–H groups in total. The number of hydrogen-bond donors (Lipinski definition) is 2. The van der Waals surface area contributed by atoms with Crippen molar-refractivity contribution in [3.8, 4) is 0 Å². The fraction of sp³-hybridized carbons (Fsp3) is 0.333. The van der Waals surface area contributed by atoms with Gasteiger partial charge in [0.25, 0.3) is 10.1 Å². The van der Waals surface area contributed by atoms with Gasteiger partial charge < -0.3 is 5.32 Å². The highest BCUT2D eigenvalue weighted by Gasteiger charge is 2.03. The standard InChI is InChI=1S/C9H13NO3S/c1-8-4-2-3-5-9(8)10-6-7-14(11,12)13/h2-5,10H,6-7H2,1H3,(H,11,12,13). The molecular weight excluding hydrogens is 202 g/mol. The Morgan fingerprint density at radius 3 is 2.57 bits per heavy atom. The second-order valence-electron chi connectivity index (χ2n) is 3.03. The van der Waals surface area contributed by atoms with E-state index in [-0.39, 0.29) is 12.3 Å². The first-order chi connectivity index (χ1) is 6.49. The maximum absolute atomic E-state index is 10.4. The predicted octanol–water partition coefficient (Wildman–Crippen LogP) is 1.29. The summed E-state index contributed by atoms with van der Waals surface area (Å²) < 4.78 is 29.3. The Kier molecular flexibility index (Phi) is 3.49. The van der Waals surface area contributed by atoms with Crippen molar-refractivity contribution in [3.63, 3.8) is 0 Å². The lowest BCUT2D eigenvalue weighted by Crippen LogP contribution is -2.14. The lowest BCUT2D eigenvalue weighted by Gasteiger charge is -2.07. The summed E-state index contributed by atoms with van der Waals surface area (Å²) in [5, 5.41) is 2.93. The monoisotopic (exact) mass is 215 g/mol. The summed E-state index contributed by atoms with van der Waals surface area (Å²) in [5.41, 5.74) is 1.93. The highest BCUT2D eigenvalue weighted by molar-refractivity contribution is 7.85. The first-order valence-electron chi connectivity index (χ1n) is 4.24. The summed E-state index contributed by atoms with van der Waals surface area (Å²) in [7, 11) is -3.87. The van der Waals surface area contributed by atoms with Crippen molar-refractivity contribution < 1.29 is 13.0 Å². The van der Waals surface area contributed by atoms with Crippen LogP contribution in [-0.2, 0) is 10.1 Å². The summed E-state index contributed by atoms with van der Waals surface area (Å²) in [6, 6.07) is 7.56. The van der Waals surface area contributed by atoms with Crippen LogP contribution >= 0.6 is 0 Å². The average Bonchev–Trinajstić information content (AvgIpc) is 2.06. The molecular formula is C9H13NO3S. The molecule has 0 saturated heterocycles. The second-order valence-corrected chi connectivity index (χ2v) is 4.60. The molecule has 0 fully saturated rings. The van der Waals surface area contributed by atoms with E-state index in [1.807, 2.05) is 31.2 Å². The zero-order valence-corrected chi connectivity index (χ0v) is 8.71. The average molecular weight is 215 g/mol. The van der Waals surface area contributed by atoms with Crippen molar-refractivity contribution in [2.24, 2.45) is 0 Å². The van der Waals surface area contributed by atoms with Gasteiger partial charge >= 0.3 is 0 Å². The quantitative estimate of drug-likeness (QED) is 0.743. The third-order valence-electron chi connectivity index (χ3n) is 1.82. The molecule has 0 bridgehead atoms. The number of anilines is 1. The van der Waals surface area contributed by atoms with Crippen LogP contribution in [0.3, 0.4) is 0 Å². The van der Waals surface area contributed by atoms with Crippen molar-refractivity contribution in [2.75, 3.05) is 17.6 Å². The van der Waals surface area contributed by atoms with Crippen molar-refractivity contribution in [1.82, 2.24) is 0 Å². The van der Waals surface area contributed by atoms with Crippen molar-refractivity contribution >= 4 is 15.8 Å². The molecule has 4 nitrogen and oxygen atoms in total. The molecule has 1 aromatic carbocycles. The zero-order valence-electron chi connectivity index (χ0n) is 7.90. The summed E-state index contributed by atoms with van der Waals surface area (Å²) >= 11 is 0. The van der Waals surface area contributed by atoms with Crippen molar-refractivity contribution in [2.45, 2.75) is 6.92 Å². The SMILES string of the molecule is Cc1ccccc1NCCS(=O)(=O)O. The molecule has 0 aliphatic carbocycles. The van der Waals surface area contributed by atoms with E-state index >= 15 is 0 Å². The molecule has 0 saturated carbocycles. The summed E-state index contributed by atoms with van der Waals surface area (Å²) in [6.45, 7) is 2.14. The molecule has 14 heavy (non-hydrogen) atoms. The van der Waals surface area contributed by atoms with Gasteiger partial charge in [0, 0.05) is 12.2 Å². The minimum absolute atomic E-state index is 0.212. The third kappa shape index (κ3) is 3.76. The van der Waals surface area contributed by atoms with Gasteiger partial charge in [-0.1, -0.05) is 18.2 Å². The van der Waals surface area contributed by atoms with E-state index in [4.69, 9.17) is 4.55 Å². The van der Waals surface area contributed by atoms with Crippen LogP contribution in [0, 0.1) is 6.92 Å². The van der Waals surface area contributed by atoms with Gasteiger partial charge in [0.1, 0.15) is 0 Å². The molecule has 0 heterocycles. The number of rotatable bonds is 4. The fourth-order valence-corrected chi connectivity index (χ4v) is 1.45. The molecule has 78 valence electrons. The Bertz CT molecular complexity index is 400. The van der Waals surface area contributed by atoms with Crippen LogP contribution in [0.25, 0.3) is 0 Å². The van der Waals surface area contributed by atoms with E-state index in [0.717, 1.165) is 11.3 Å². The maximum atomic E-state index is 10.4. The van der Waals surface area contributed by atoms with Crippen LogP contribution in [0.1, 0.15) is 5.56 Å². The lowest BCUT2D eigenvalue weighted by molar-refractivity contribution is 0.484. The van der Waals surface area contributed by atoms with Crippen LogP contribution in [-0.4, -0.2) is 25.3 Å². The van der Waals surface area contributed by atoms with Gasteiger partial charge in [0.2, 0.25) is 0 Å². The Morgan fingerprint density at radius 2 is 2.00 bits per heavy atom. The lowest BCUT2D eigenvalue weighted by atomic mass is 10.2. The first-order valence-corrected chi connectivity index (χ1v) is 5.84. The fourth-order valence-electron chi connectivity index (χ4n) is 1.09. The van der Waals surface area contributed by atoms with Gasteiger partial charge in [-0.2, -0.15) is 8.42 Å². The first kappa shape index (κ1) is 11.0. The third-order valence-corrected chi connectivity index (χ3v) is 2.54. The predicted molar refractivity (Wildman–Crippen MR) is 56.1 cm³/mol. The minimum atomic E-state index is -3.87. The minimum Gasteiger partial charge on any atom is -0.384 e. The Balaban J connectivity index is 2.51. The smallest absolute Gasteiger partial charge is 0.266 e. The molecule has 0 amide bonds. The van der Waals surface area contributed by atoms with Crippen molar-refractivity contribution in [1.29, 1.82) is 0 Å². The van der Waals surface area contributed by atoms with E-state index < -0.39 is 10.1 Å². The summed E-state index contributed by atoms with van der Waals surface area (Å²) in [5.74, 6) is -0.276. The highest BCUT2D eigenvalue weighted by Crippen LogP contribution is 2.12. The van der Waals surface area contributed by atoms with E-state index in [9.17, 15) is 8.42 Å². The summed E-state index contributed by atoms with van der Waals surface area (Å²) in [4.78, 5) is 0. The molecule has 0 aliphatic heterocycles. The number of benzene rings is 1. The Morgan fingerprint density at radius 1 is 1.36 bits per heavy atom. The number of para-hydroxylation sites is 1. The molecule has 0 unspecified atom stereocenters. The molecule has 1 rings (SSSR count). The number of nitrogens with one attached hydrogen (secondary N) is 1. The van der Waals surface area contributed by atoms with E-state index in [0.29, 0.717) is 0 Å². The normalized spacial score (nSPS) is 11.3. The van der Waals surface area contributed by atoms with Crippen LogP contribution in [0.4, 0.5) is 5.69 Å². The van der Waals surface area contributed by atoms with Gasteiger partial charge in [-0.15, -0.1) is 0 Å². The van der Waals surface area contributed by atoms with Gasteiger partial charge in [-0.25, -0.2) is 0 Å². The van der Waals surface area contributed by atoms with E-state index in [1.54, 1.807) is 0 Å². The number of aryl methyl sites for hydroxylation is 1. The Labute approximate surface area is 83.7 Å². The molecule has 0 spiro atoms. The van der Waals surface area contributed by atoms with Gasteiger partial charge in [-0.3, -0.25) is 4.55 Å². The van der Waals surface area contributed by atoms with Gasteiger partial charge in [0.05, 0.1) is 5.75 Å². The largest absolute Gasteiger partial charge is 0.384 e. The van der Waals surface area contributed by atoms with Gasteiger partial charge in [0.15, 0.2) is 0 Å². The number of hydrogen-bond acceptors (Lipinski definition) is 3. The molecule has 0 atom stereocenters.